The number of benzene rings is 4. The molecule has 12 rings (SSSR count). The highest BCUT2D eigenvalue weighted by molar-refractivity contribution is 6.33. The van der Waals surface area contributed by atoms with Crippen LogP contribution in [0.3, 0.4) is 0 Å². The molecule has 27 nitrogen and oxygen atoms in total. The van der Waals surface area contributed by atoms with E-state index in [4.69, 9.17) is 75.7 Å². The molecule has 0 aromatic heterocycles. The number of rotatable bonds is 12. The molecule has 0 N–H and O–H groups in total. The van der Waals surface area contributed by atoms with Crippen LogP contribution in [0.4, 0.5) is 0 Å². The van der Waals surface area contributed by atoms with Gasteiger partial charge in [0.15, 0.2) is 26.4 Å². The van der Waals surface area contributed by atoms with Crippen LogP contribution >= 0.6 is 23.2 Å². The Morgan fingerprint density at radius 3 is 0.977 bits per heavy atom. The Kier molecular flexibility index (Phi) is 44.8. The van der Waals surface area contributed by atoms with Crippen molar-refractivity contribution in [3.63, 3.8) is 0 Å². The summed E-state index contributed by atoms with van der Waals surface area (Å²) in [5.41, 5.74) is 14.8. The number of nitrogens with zero attached hydrogens (tertiary/aromatic N) is 8. The van der Waals surface area contributed by atoms with Gasteiger partial charge in [-0.2, -0.15) is 0 Å². The maximum absolute atomic E-state index is 13.0. The smallest absolute Gasteiger partial charge is 0.338 e. The molecule has 4 saturated heterocycles. The number of likely N-dealkylation sites (tertiary alicyclic amines) is 1. The van der Waals surface area contributed by atoms with Crippen LogP contribution in [0, 0.1) is 55.4 Å². The number of oxime groups is 4. The van der Waals surface area contributed by atoms with Crippen LogP contribution in [0.15, 0.2) is 154 Å². The summed E-state index contributed by atoms with van der Waals surface area (Å²) in [6.07, 6.45) is 46.2. The number of cyclic esters (lactones) is 4. The number of esters is 4. The Morgan fingerprint density at radius 1 is 0.336 bits per heavy atom. The fraction of sp³-hybridized carbons (Fsp3) is 0.490. The molecule has 4 fully saturated rings. The number of amides is 4. The Morgan fingerprint density at radius 2 is 0.626 bits per heavy atom. The first kappa shape index (κ1) is 104. The zero-order valence-corrected chi connectivity index (χ0v) is 79.2. The molecule has 131 heavy (non-hydrogen) atoms. The summed E-state index contributed by atoms with van der Waals surface area (Å²) < 4.78 is 38.1. The molecule has 8 heterocycles. The molecule has 4 aromatic carbocycles. The highest BCUT2D eigenvalue weighted by Gasteiger charge is 2.29. The molecule has 8 aliphatic rings. The standard InChI is InChI=1S/C27H36N2O4.2C25H31ClN2O5.C25H32N2O5/c1-20-16-21(2)26-23(17-20)18-24(28-32-19-25(30)29-14-10-7-11-15-29)13-9-6-4-5-8-12-22(3)33-27(26)31;2*1-18-15-19(2)24(26)21-16-20(27-33-17-22(29)28-10-13-31-14-11-28)9-7-5-3-4-6-8-12-32-25(30)23(18)21;1-19-15-20(2)24-21(16-19)17-22(9-7-5-3-4-6-8-12-31-25(24)29)26-32-18-23(28)27-10-13-30-14-11-27/h5,8-9,13,16-17,22H,4,6-7,10-12,14-15,18-19H2,1-3H3;2*4,6-7,9,15H,3,5,8,10-14,16-17H2,1-2H3;4,6-7,9,15-16H,3,5,8,10-14,17-18H2,1-2H3/b8-5+,13-9+,28-24+;6-4+,9-7+,27-20+;6-4+,9-7+,27-20-;6-4+,9-7+,26-22-/t22-;;;/m1.../s1. The van der Waals surface area contributed by atoms with Crippen molar-refractivity contribution in [2.24, 2.45) is 20.6 Å². The second-order valence-electron chi connectivity index (χ2n) is 33.2. The predicted molar refractivity (Wildman–Crippen MR) is 509 cm³/mol. The van der Waals surface area contributed by atoms with Crippen LogP contribution in [-0.2, 0) is 97.4 Å². The number of piperidine rings is 1. The SMILES string of the molecule is Cc1cc(C)c2c(c1)CC(=N/OCC(=O)N1CCCCC1)/C=C/CC/C=C/C[C@@H](C)OC2=O.Cc1cc(C)c2c(c1)CC(=N\OCC(=O)N1CCOCC1)/C=C/CC/C=C/CCOC2=O.Cc1cc(C)c2c(c1Cl)CC(=N/OCC(=O)N1CCOCC1)/C=C/CC/C=C/CCOC2=O.Cc1cc(C)c2c(c1Cl)CC(=N\OCC(=O)N1CCOCC1)/C=C/CC/C=C/CCOC2=O. The molecular formula is C102H130Cl2N8O19. The molecule has 0 bridgehead atoms. The molecule has 4 aromatic rings. The molecule has 8 aliphatic heterocycles. The van der Waals surface area contributed by atoms with Gasteiger partial charge in [-0.25, -0.2) is 19.2 Å². The number of aryl methyl sites for hydroxylation is 8. The van der Waals surface area contributed by atoms with E-state index >= 15 is 0 Å². The lowest BCUT2D eigenvalue weighted by Gasteiger charge is -2.26. The fourth-order valence-electron chi connectivity index (χ4n) is 15.8. The predicted octanol–water partition coefficient (Wildman–Crippen LogP) is 17.0. The van der Waals surface area contributed by atoms with Crippen molar-refractivity contribution in [3.8, 4) is 0 Å². The van der Waals surface area contributed by atoms with Gasteiger partial charge in [0.1, 0.15) is 6.10 Å². The second-order valence-corrected chi connectivity index (χ2v) is 33.9. The van der Waals surface area contributed by atoms with Crippen LogP contribution < -0.4 is 0 Å². The van der Waals surface area contributed by atoms with Gasteiger partial charge < -0.3 is 72.1 Å². The number of ether oxygens (including phenoxy) is 7. The number of hydrogen-bond donors (Lipinski definition) is 0. The summed E-state index contributed by atoms with van der Waals surface area (Å²) in [7, 11) is 0. The van der Waals surface area contributed by atoms with Crippen molar-refractivity contribution < 1.29 is 90.9 Å². The lowest BCUT2D eigenvalue weighted by atomic mass is 9.94. The zero-order chi connectivity index (χ0) is 93.7. The first-order valence-electron chi connectivity index (χ1n) is 45.8. The first-order valence-corrected chi connectivity index (χ1v) is 46.5. The molecule has 0 radical (unpaired) electrons. The third-order valence-corrected chi connectivity index (χ3v) is 23.4. The van der Waals surface area contributed by atoms with Gasteiger partial charge >= 0.3 is 23.9 Å². The number of halogens is 2. The Labute approximate surface area is 781 Å². The molecule has 0 aliphatic carbocycles. The van der Waals surface area contributed by atoms with E-state index in [1.807, 2.05) is 164 Å². The van der Waals surface area contributed by atoms with E-state index in [9.17, 15) is 38.4 Å². The summed E-state index contributed by atoms with van der Waals surface area (Å²) in [6, 6.07) is 11.7. The van der Waals surface area contributed by atoms with Gasteiger partial charge in [-0.05, 0) is 232 Å². The average molecular weight is 1840 g/mol. The molecule has 4 amide bonds. The minimum absolute atomic E-state index is 0.0290. The van der Waals surface area contributed by atoms with Crippen molar-refractivity contribution in [1.29, 1.82) is 0 Å². The molecule has 29 heteroatoms. The Hall–Kier alpha value is -11.1. The van der Waals surface area contributed by atoms with Crippen LogP contribution in [0.25, 0.3) is 0 Å². The zero-order valence-electron chi connectivity index (χ0n) is 77.7. The molecule has 1 atom stereocenters. The highest BCUT2D eigenvalue weighted by atomic mass is 35.5. The first-order chi connectivity index (χ1) is 63.4. The minimum Gasteiger partial charge on any atom is -0.462 e. The van der Waals surface area contributed by atoms with Crippen LogP contribution in [0.1, 0.15) is 211 Å². The van der Waals surface area contributed by atoms with Gasteiger partial charge in [0.05, 0.1) is 105 Å². The molecule has 0 unspecified atom stereocenters. The summed E-state index contributed by atoms with van der Waals surface area (Å²) in [5, 5.41) is 18.0. The van der Waals surface area contributed by atoms with Gasteiger partial charge in [0.2, 0.25) is 0 Å². The molecule has 706 valence electrons. The minimum atomic E-state index is -0.401. The van der Waals surface area contributed by atoms with Crippen molar-refractivity contribution in [3.05, 3.63) is 233 Å². The van der Waals surface area contributed by atoms with Crippen molar-refractivity contribution in [1.82, 2.24) is 19.6 Å². The van der Waals surface area contributed by atoms with Crippen molar-refractivity contribution in [2.75, 3.05) is 138 Å². The number of allylic oxidation sites excluding steroid dienone is 12. The van der Waals surface area contributed by atoms with Gasteiger partial charge in [-0.15, -0.1) is 0 Å². The quantitative estimate of drug-likeness (QED) is 0.0551. The largest absolute Gasteiger partial charge is 0.462 e. The van der Waals surface area contributed by atoms with E-state index in [1.54, 1.807) is 14.7 Å². The van der Waals surface area contributed by atoms with Gasteiger partial charge in [0, 0.05) is 94.5 Å². The van der Waals surface area contributed by atoms with Gasteiger partial charge in [0.25, 0.3) is 23.6 Å². The normalized spacial score (nSPS) is 21.6. The van der Waals surface area contributed by atoms with Crippen LogP contribution in [-0.4, -0.2) is 234 Å². The van der Waals surface area contributed by atoms with E-state index < -0.39 is 11.9 Å². The van der Waals surface area contributed by atoms with E-state index in [-0.39, 0.29) is 80.9 Å². The number of fused-ring (bicyclic) bond motifs is 4. The van der Waals surface area contributed by atoms with Gasteiger partial charge in [-0.3, -0.25) is 19.2 Å². The lowest BCUT2D eigenvalue weighted by molar-refractivity contribution is -0.140. The van der Waals surface area contributed by atoms with E-state index in [1.165, 1.54) is 6.42 Å². The molecule has 0 spiro atoms. The molecule has 0 saturated carbocycles. The van der Waals surface area contributed by atoms with Crippen LogP contribution in [0.5, 0.6) is 0 Å². The number of carbonyl (C=O) groups excluding carboxylic acids is 8. The summed E-state index contributed by atoms with van der Waals surface area (Å²) in [5.74, 6) is -1.84. The highest BCUT2D eigenvalue weighted by Crippen LogP contribution is 2.33. The number of hydrogen-bond acceptors (Lipinski definition) is 23. The Bertz CT molecular complexity index is 4780. The summed E-state index contributed by atoms with van der Waals surface area (Å²) in [6.45, 7) is 25.9. The number of morpholine rings is 3. The van der Waals surface area contributed by atoms with E-state index in [2.05, 4.69) is 57.1 Å². The molecular weight excluding hydrogens is 1710 g/mol. The summed E-state index contributed by atoms with van der Waals surface area (Å²) >= 11 is 13.3. The van der Waals surface area contributed by atoms with Gasteiger partial charge in [-0.1, -0.05) is 164 Å². The third kappa shape index (κ3) is 35.2. The maximum atomic E-state index is 13.0. The van der Waals surface area contributed by atoms with E-state index in [0.29, 0.717) is 204 Å². The van der Waals surface area contributed by atoms with Crippen molar-refractivity contribution >= 4 is 93.6 Å². The lowest BCUT2D eigenvalue weighted by Crippen LogP contribution is -2.42. The van der Waals surface area contributed by atoms with Crippen molar-refractivity contribution in [2.45, 2.75) is 190 Å². The monoisotopic (exact) mass is 1840 g/mol. The topological polar surface area (TPSA) is 300 Å². The van der Waals surface area contributed by atoms with Crippen LogP contribution in [0.2, 0.25) is 10.0 Å². The van der Waals surface area contributed by atoms with E-state index in [0.717, 1.165) is 133 Å². The second kappa shape index (κ2) is 56.6. The average Bonchev–Trinajstić information content (AvgIpc) is 0.793. The third-order valence-electron chi connectivity index (χ3n) is 22.4. The fourth-order valence-corrected chi connectivity index (χ4v) is 16.2. The Balaban J connectivity index is 0.000000197. The maximum Gasteiger partial charge on any atom is 0.338 e. The summed E-state index contributed by atoms with van der Waals surface area (Å²) in [4.78, 5) is 130. The number of carbonyl (C=O) groups is 8.